The third-order valence-electron chi connectivity index (χ3n) is 2.37. The van der Waals surface area contributed by atoms with E-state index in [-0.39, 0.29) is 12.6 Å². The van der Waals surface area contributed by atoms with E-state index in [0.29, 0.717) is 5.76 Å². The second-order valence-electron chi connectivity index (χ2n) is 3.88. The van der Waals surface area contributed by atoms with Gasteiger partial charge in [-0.05, 0) is 30.7 Å². The van der Waals surface area contributed by atoms with Crippen molar-refractivity contribution in [3.63, 3.8) is 0 Å². The second-order valence-corrected chi connectivity index (χ2v) is 3.88. The maximum Gasteiger partial charge on any atom is 0.331 e. The lowest BCUT2D eigenvalue weighted by Gasteiger charge is -2.01. The topological polar surface area (TPSA) is 39.4 Å². The first-order chi connectivity index (χ1) is 8.74. The van der Waals surface area contributed by atoms with Crippen LogP contribution in [0.15, 0.2) is 53.0 Å². The number of carbonyl (C=O) groups excluding carboxylic acids is 1. The minimum Gasteiger partial charge on any atom is -0.462 e. The van der Waals surface area contributed by atoms with E-state index in [1.807, 2.05) is 43.3 Å². The third kappa shape index (κ3) is 3.63. The minimum absolute atomic E-state index is 0.279. The first-order valence-electron chi connectivity index (χ1n) is 5.69. The number of hydrogen-bond acceptors (Lipinski definition) is 3. The lowest BCUT2D eigenvalue weighted by atomic mass is 10.2. The van der Waals surface area contributed by atoms with Gasteiger partial charge < -0.3 is 9.15 Å². The summed E-state index contributed by atoms with van der Waals surface area (Å²) in [5.74, 6) is 1.07. The standard InChI is InChI=1S/C15H14O3/c1-12-7-8-14(18-12)9-10-15(16)17-11-13-5-3-2-4-6-13/h2-10H,11H2,1H3. The predicted molar refractivity (Wildman–Crippen MR) is 68.7 cm³/mol. The van der Waals surface area contributed by atoms with Crippen LogP contribution in [0.5, 0.6) is 0 Å². The number of carbonyl (C=O) groups is 1. The van der Waals surface area contributed by atoms with Crippen LogP contribution in [0.1, 0.15) is 17.1 Å². The molecule has 0 amide bonds. The Morgan fingerprint density at radius 2 is 2.00 bits per heavy atom. The summed E-state index contributed by atoms with van der Waals surface area (Å²) in [6.45, 7) is 2.13. The molecule has 0 saturated carbocycles. The maximum atomic E-state index is 11.4. The fraction of sp³-hybridized carbons (Fsp3) is 0.133. The SMILES string of the molecule is Cc1ccc(C=CC(=O)OCc2ccccc2)o1. The van der Waals surface area contributed by atoms with Gasteiger partial charge in [-0.15, -0.1) is 0 Å². The molecule has 0 N–H and O–H groups in total. The van der Waals surface area contributed by atoms with E-state index in [4.69, 9.17) is 9.15 Å². The van der Waals surface area contributed by atoms with E-state index < -0.39 is 0 Å². The fourth-order valence-electron chi connectivity index (χ4n) is 1.47. The van der Waals surface area contributed by atoms with Crippen LogP contribution in [0.3, 0.4) is 0 Å². The highest BCUT2D eigenvalue weighted by atomic mass is 16.5. The Balaban J connectivity index is 1.84. The quantitative estimate of drug-likeness (QED) is 0.609. The van der Waals surface area contributed by atoms with Crippen LogP contribution in [0.2, 0.25) is 0 Å². The average Bonchev–Trinajstić information content (AvgIpc) is 2.81. The average molecular weight is 242 g/mol. The fourth-order valence-corrected chi connectivity index (χ4v) is 1.47. The molecule has 18 heavy (non-hydrogen) atoms. The molecule has 2 aromatic rings. The van der Waals surface area contributed by atoms with Gasteiger partial charge in [0.2, 0.25) is 0 Å². The summed E-state index contributed by atoms with van der Waals surface area (Å²) in [4.78, 5) is 11.4. The van der Waals surface area contributed by atoms with Crippen molar-refractivity contribution in [3.05, 3.63) is 65.6 Å². The number of ether oxygens (including phenoxy) is 1. The molecule has 0 aliphatic carbocycles. The van der Waals surface area contributed by atoms with Gasteiger partial charge in [0.25, 0.3) is 0 Å². The summed E-state index contributed by atoms with van der Waals surface area (Å²) in [7, 11) is 0. The molecule has 92 valence electrons. The summed E-state index contributed by atoms with van der Waals surface area (Å²) in [5, 5.41) is 0. The molecule has 0 fully saturated rings. The predicted octanol–water partition coefficient (Wildman–Crippen LogP) is 3.34. The van der Waals surface area contributed by atoms with Crippen molar-refractivity contribution in [2.24, 2.45) is 0 Å². The summed E-state index contributed by atoms with van der Waals surface area (Å²) in [5.41, 5.74) is 0.966. The molecule has 1 heterocycles. The number of benzene rings is 1. The van der Waals surface area contributed by atoms with Crippen LogP contribution in [0.4, 0.5) is 0 Å². The van der Waals surface area contributed by atoms with Crippen LogP contribution in [0.25, 0.3) is 6.08 Å². The highest BCUT2D eigenvalue weighted by Gasteiger charge is 1.99. The summed E-state index contributed by atoms with van der Waals surface area (Å²) in [6.07, 6.45) is 2.96. The summed E-state index contributed by atoms with van der Waals surface area (Å²) in [6, 6.07) is 13.2. The molecule has 0 bridgehead atoms. The van der Waals surface area contributed by atoms with Gasteiger partial charge in [-0.2, -0.15) is 0 Å². The van der Waals surface area contributed by atoms with Crippen LogP contribution < -0.4 is 0 Å². The van der Waals surface area contributed by atoms with Crippen LogP contribution >= 0.6 is 0 Å². The Hall–Kier alpha value is -2.29. The van der Waals surface area contributed by atoms with Crippen molar-refractivity contribution in [2.45, 2.75) is 13.5 Å². The van der Waals surface area contributed by atoms with Gasteiger partial charge >= 0.3 is 5.97 Å². The molecule has 0 saturated heterocycles. The van der Waals surface area contributed by atoms with Crippen molar-refractivity contribution in [1.29, 1.82) is 0 Å². The number of furan rings is 1. The van der Waals surface area contributed by atoms with Gasteiger partial charge in [-0.1, -0.05) is 30.3 Å². The van der Waals surface area contributed by atoms with Gasteiger partial charge in [-0.3, -0.25) is 0 Å². The zero-order chi connectivity index (χ0) is 12.8. The molecule has 0 aliphatic heterocycles. The first kappa shape index (κ1) is 12.2. The lowest BCUT2D eigenvalue weighted by Crippen LogP contribution is -2.00. The molecule has 3 nitrogen and oxygen atoms in total. The molecule has 2 rings (SSSR count). The van der Waals surface area contributed by atoms with Crippen molar-refractivity contribution in [1.82, 2.24) is 0 Å². The molecule has 3 heteroatoms. The molecule has 1 aromatic carbocycles. The van der Waals surface area contributed by atoms with Gasteiger partial charge in [-0.25, -0.2) is 4.79 Å². The molecule has 0 unspecified atom stereocenters. The normalized spacial score (nSPS) is 10.7. The van der Waals surface area contributed by atoms with Crippen LogP contribution in [-0.2, 0) is 16.1 Å². The number of esters is 1. The van der Waals surface area contributed by atoms with E-state index in [0.717, 1.165) is 11.3 Å². The first-order valence-corrected chi connectivity index (χ1v) is 5.69. The minimum atomic E-state index is -0.382. The maximum absolute atomic E-state index is 11.4. The van der Waals surface area contributed by atoms with E-state index >= 15 is 0 Å². The van der Waals surface area contributed by atoms with E-state index in [1.165, 1.54) is 6.08 Å². The third-order valence-corrected chi connectivity index (χ3v) is 2.37. The highest BCUT2D eigenvalue weighted by molar-refractivity contribution is 5.86. The Bertz CT molecular complexity index is 538. The van der Waals surface area contributed by atoms with Gasteiger partial charge in [0, 0.05) is 6.08 Å². The van der Waals surface area contributed by atoms with Crippen LogP contribution in [-0.4, -0.2) is 5.97 Å². The largest absolute Gasteiger partial charge is 0.462 e. The second kappa shape index (κ2) is 5.87. The molecule has 1 aromatic heterocycles. The Morgan fingerprint density at radius 1 is 1.22 bits per heavy atom. The molecule has 0 spiro atoms. The molecule has 0 aliphatic rings. The van der Waals surface area contributed by atoms with Gasteiger partial charge in [0.15, 0.2) is 0 Å². The van der Waals surface area contributed by atoms with Gasteiger partial charge in [0.1, 0.15) is 18.1 Å². The van der Waals surface area contributed by atoms with E-state index in [1.54, 1.807) is 12.1 Å². The molecule has 0 atom stereocenters. The smallest absolute Gasteiger partial charge is 0.331 e. The summed E-state index contributed by atoms with van der Waals surface area (Å²) < 4.78 is 10.4. The molecular weight excluding hydrogens is 228 g/mol. The highest BCUT2D eigenvalue weighted by Crippen LogP contribution is 2.08. The lowest BCUT2D eigenvalue weighted by molar-refractivity contribution is -0.138. The Kier molecular flexibility index (Phi) is 3.97. The van der Waals surface area contributed by atoms with E-state index in [2.05, 4.69) is 0 Å². The van der Waals surface area contributed by atoms with E-state index in [9.17, 15) is 4.79 Å². The molecule has 0 radical (unpaired) electrons. The van der Waals surface area contributed by atoms with Crippen molar-refractivity contribution >= 4 is 12.0 Å². The monoisotopic (exact) mass is 242 g/mol. The number of rotatable bonds is 4. The number of aryl methyl sites for hydroxylation is 1. The zero-order valence-corrected chi connectivity index (χ0v) is 10.1. The van der Waals surface area contributed by atoms with Gasteiger partial charge in [0.05, 0.1) is 0 Å². The summed E-state index contributed by atoms with van der Waals surface area (Å²) >= 11 is 0. The van der Waals surface area contributed by atoms with Crippen molar-refractivity contribution in [2.75, 3.05) is 0 Å². The van der Waals surface area contributed by atoms with Crippen molar-refractivity contribution in [3.8, 4) is 0 Å². The zero-order valence-electron chi connectivity index (χ0n) is 10.1. The van der Waals surface area contributed by atoms with Crippen molar-refractivity contribution < 1.29 is 13.9 Å². The molecular formula is C15H14O3. The van der Waals surface area contributed by atoms with Crippen LogP contribution in [0, 0.1) is 6.92 Å². The Morgan fingerprint density at radius 3 is 2.67 bits per heavy atom. The number of hydrogen-bond donors (Lipinski definition) is 0. The Labute approximate surface area is 106 Å².